The van der Waals surface area contributed by atoms with Crippen LogP contribution >= 0.6 is 11.3 Å². The van der Waals surface area contributed by atoms with Gasteiger partial charge in [-0.25, -0.2) is 9.78 Å². The predicted octanol–water partition coefficient (Wildman–Crippen LogP) is 5.12. The van der Waals surface area contributed by atoms with Crippen LogP contribution in [0.2, 0.25) is 0 Å². The molecule has 9 nitrogen and oxygen atoms in total. The minimum atomic E-state index is -0.995. The van der Waals surface area contributed by atoms with Crippen LogP contribution in [0.5, 0.6) is 11.5 Å². The first-order valence-electron chi connectivity index (χ1n) is 12.0. The summed E-state index contributed by atoms with van der Waals surface area (Å²) in [6.07, 6.45) is 0. The molecule has 0 bridgehead atoms. The van der Waals surface area contributed by atoms with E-state index in [9.17, 15) is 19.5 Å². The second-order valence-electron chi connectivity index (χ2n) is 8.57. The Labute approximate surface area is 227 Å². The van der Waals surface area contributed by atoms with Gasteiger partial charge in [-0.05, 0) is 67.1 Å². The maximum absolute atomic E-state index is 13.5. The van der Waals surface area contributed by atoms with E-state index in [1.54, 1.807) is 73.8 Å². The van der Waals surface area contributed by atoms with Gasteiger partial charge in [0.15, 0.2) is 5.13 Å². The third-order valence-corrected chi connectivity index (χ3v) is 7.34. The van der Waals surface area contributed by atoms with Crippen LogP contribution in [0.25, 0.3) is 16.0 Å². The largest absolute Gasteiger partial charge is 0.507 e. The van der Waals surface area contributed by atoms with Gasteiger partial charge in [-0.3, -0.25) is 14.5 Å². The number of amides is 1. The van der Waals surface area contributed by atoms with E-state index >= 15 is 0 Å². The standard InChI is InChI=1S/C29H24N2O7S/c1-4-38-19-11-9-17(10-12-19)25(32)23-24(16-5-7-18(8-6-16)28(35)37-3)31(27(34)26(23)33)29-30-21-14-13-20(36-2)15-22(21)39-29/h5-15,24,32H,4H2,1-3H3. The molecular formula is C29H24N2O7S. The highest BCUT2D eigenvalue weighted by Crippen LogP contribution is 2.44. The number of aromatic nitrogens is 1. The topological polar surface area (TPSA) is 115 Å². The number of hydrogen-bond donors (Lipinski definition) is 1. The maximum Gasteiger partial charge on any atom is 0.337 e. The van der Waals surface area contributed by atoms with Crippen molar-refractivity contribution in [3.63, 3.8) is 0 Å². The van der Waals surface area contributed by atoms with Crippen molar-refractivity contribution < 1.29 is 33.7 Å². The molecule has 0 radical (unpaired) electrons. The molecule has 1 amide bonds. The zero-order valence-corrected chi connectivity index (χ0v) is 22.2. The van der Waals surface area contributed by atoms with Crippen LogP contribution in [-0.2, 0) is 14.3 Å². The van der Waals surface area contributed by atoms with Crippen LogP contribution in [0.4, 0.5) is 5.13 Å². The zero-order valence-electron chi connectivity index (χ0n) is 21.3. The molecule has 3 aromatic carbocycles. The molecule has 5 rings (SSSR count). The summed E-state index contributed by atoms with van der Waals surface area (Å²) in [6.45, 7) is 2.34. The van der Waals surface area contributed by atoms with E-state index in [2.05, 4.69) is 4.98 Å². The molecule has 10 heteroatoms. The highest BCUT2D eigenvalue weighted by Gasteiger charge is 2.48. The monoisotopic (exact) mass is 544 g/mol. The van der Waals surface area contributed by atoms with Gasteiger partial charge >= 0.3 is 11.9 Å². The molecule has 1 saturated heterocycles. The molecule has 39 heavy (non-hydrogen) atoms. The van der Waals surface area contributed by atoms with Gasteiger partial charge in [-0.2, -0.15) is 0 Å². The lowest BCUT2D eigenvalue weighted by Crippen LogP contribution is -2.29. The number of fused-ring (bicyclic) bond motifs is 1. The SMILES string of the molecule is CCOc1ccc(C(O)=C2C(=O)C(=O)N(c3nc4ccc(OC)cc4s3)C2c2ccc(C(=O)OC)cc2)cc1. The third kappa shape index (κ3) is 4.70. The lowest BCUT2D eigenvalue weighted by molar-refractivity contribution is -0.132. The Bertz CT molecular complexity index is 1610. The molecule has 1 fully saturated rings. The minimum Gasteiger partial charge on any atom is -0.507 e. The van der Waals surface area contributed by atoms with Crippen LogP contribution in [0.15, 0.2) is 72.3 Å². The van der Waals surface area contributed by atoms with Gasteiger partial charge in [-0.1, -0.05) is 23.5 Å². The molecule has 0 spiro atoms. The number of esters is 1. The molecule has 198 valence electrons. The van der Waals surface area contributed by atoms with Gasteiger partial charge in [0.1, 0.15) is 17.3 Å². The molecule has 1 aliphatic rings. The number of thiazole rings is 1. The molecule has 1 N–H and O–H groups in total. The normalized spacial score (nSPS) is 16.5. The number of Topliss-reactive ketones (excluding diaryl/α,β-unsaturated/α-hetero) is 1. The van der Waals surface area contributed by atoms with Crippen LogP contribution in [-0.4, -0.2) is 48.6 Å². The third-order valence-electron chi connectivity index (χ3n) is 6.32. The van der Waals surface area contributed by atoms with E-state index in [1.165, 1.54) is 23.3 Å². The van der Waals surface area contributed by atoms with Crippen molar-refractivity contribution in [1.29, 1.82) is 0 Å². The number of rotatable bonds is 7. The second-order valence-corrected chi connectivity index (χ2v) is 9.58. The Morgan fingerprint density at radius 3 is 2.28 bits per heavy atom. The van der Waals surface area contributed by atoms with Gasteiger partial charge in [0.2, 0.25) is 0 Å². The van der Waals surface area contributed by atoms with Crippen molar-refractivity contribution in [1.82, 2.24) is 4.98 Å². The molecule has 1 atom stereocenters. The molecular weight excluding hydrogens is 520 g/mol. The smallest absolute Gasteiger partial charge is 0.337 e. The van der Waals surface area contributed by atoms with Gasteiger partial charge in [0.05, 0.1) is 48.2 Å². The van der Waals surface area contributed by atoms with E-state index in [1.807, 2.05) is 6.92 Å². The van der Waals surface area contributed by atoms with Crippen molar-refractivity contribution in [2.75, 3.05) is 25.7 Å². The Morgan fingerprint density at radius 2 is 1.64 bits per heavy atom. The average molecular weight is 545 g/mol. The fourth-order valence-electron chi connectivity index (χ4n) is 4.42. The van der Waals surface area contributed by atoms with Crippen LogP contribution in [0.1, 0.15) is 34.5 Å². The highest BCUT2D eigenvalue weighted by atomic mass is 32.1. The molecule has 2 heterocycles. The zero-order chi connectivity index (χ0) is 27.7. The maximum atomic E-state index is 13.5. The van der Waals surface area contributed by atoms with Gasteiger partial charge in [0.25, 0.3) is 5.78 Å². The van der Waals surface area contributed by atoms with Crippen LogP contribution < -0.4 is 14.4 Å². The number of aliphatic hydroxyl groups is 1. The van der Waals surface area contributed by atoms with E-state index in [4.69, 9.17) is 14.2 Å². The quantitative estimate of drug-likeness (QED) is 0.148. The highest BCUT2D eigenvalue weighted by molar-refractivity contribution is 7.22. The summed E-state index contributed by atoms with van der Waals surface area (Å²) >= 11 is 1.22. The summed E-state index contributed by atoms with van der Waals surface area (Å²) < 4.78 is 16.3. The van der Waals surface area contributed by atoms with E-state index in [0.717, 1.165) is 4.70 Å². The Balaban J connectivity index is 1.67. The number of ether oxygens (including phenoxy) is 3. The van der Waals surface area contributed by atoms with Gasteiger partial charge in [-0.15, -0.1) is 0 Å². The number of carbonyl (C=O) groups is 3. The number of ketones is 1. The molecule has 1 unspecified atom stereocenters. The van der Waals surface area contributed by atoms with Crippen molar-refractivity contribution in [3.05, 3.63) is 89.0 Å². The van der Waals surface area contributed by atoms with Gasteiger partial charge < -0.3 is 19.3 Å². The van der Waals surface area contributed by atoms with Crippen molar-refractivity contribution in [3.8, 4) is 11.5 Å². The van der Waals surface area contributed by atoms with Crippen molar-refractivity contribution in [2.24, 2.45) is 0 Å². The number of anilines is 1. The number of nitrogens with zero attached hydrogens (tertiary/aromatic N) is 2. The second kappa shape index (κ2) is 10.6. The van der Waals surface area contributed by atoms with Gasteiger partial charge in [0, 0.05) is 5.56 Å². The summed E-state index contributed by atoms with van der Waals surface area (Å²) in [5.74, 6) is -1.29. The summed E-state index contributed by atoms with van der Waals surface area (Å²) in [6, 6.07) is 17.3. The number of aliphatic hydroxyl groups excluding tert-OH is 1. The summed E-state index contributed by atoms with van der Waals surface area (Å²) in [4.78, 5) is 44.8. The summed E-state index contributed by atoms with van der Waals surface area (Å²) in [5, 5.41) is 11.6. The Morgan fingerprint density at radius 1 is 0.974 bits per heavy atom. The summed E-state index contributed by atoms with van der Waals surface area (Å²) in [5.41, 5.74) is 1.69. The summed E-state index contributed by atoms with van der Waals surface area (Å²) in [7, 11) is 2.84. The van der Waals surface area contributed by atoms with Crippen LogP contribution in [0, 0.1) is 0 Å². The van der Waals surface area contributed by atoms with Crippen molar-refractivity contribution >= 4 is 50.1 Å². The van der Waals surface area contributed by atoms with E-state index < -0.39 is 23.7 Å². The Kier molecular flexibility index (Phi) is 7.03. The lowest BCUT2D eigenvalue weighted by atomic mass is 9.94. The number of carbonyl (C=O) groups excluding carboxylic acids is 3. The molecule has 4 aromatic rings. The minimum absolute atomic E-state index is 0.0909. The number of hydrogen-bond acceptors (Lipinski definition) is 9. The fourth-order valence-corrected chi connectivity index (χ4v) is 5.44. The first-order chi connectivity index (χ1) is 18.9. The van der Waals surface area contributed by atoms with Crippen molar-refractivity contribution in [2.45, 2.75) is 13.0 Å². The number of benzene rings is 3. The Hall–Kier alpha value is -4.70. The molecule has 1 aromatic heterocycles. The molecule has 1 aliphatic heterocycles. The molecule has 0 aliphatic carbocycles. The average Bonchev–Trinajstić information content (AvgIpc) is 3.50. The fraction of sp³-hybridized carbons (Fsp3) is 0.172. The lowest BCUT2D eigenvalue weighted by Gasteiger charge is -2.23. The van der Waals surface area contributed by atoms with Crippen LogP contribution in [0.3, 0.4) is 0 Å². The number of methoxy groups -OCH3 is 2. The first kappa shape index (κ1) is 25.9. The first-order valence-corrected chi connectivity index (χ1v) is 12.8. The van der Waals surface area contributed by atoms with E-state index in [0.29, 0.717) is 40.3 Å². The van der Waals surface area contributed by atoms with E-state index in [-0.39, 0.29) is 16.5 Å². The molecule has 0 saturated carbocycles. The predicted molar refractivity (Wildman–Crippen MR) is 146 cm³/mol.